The van der Waals surface area contributed by atoms with E-state index in [4.69, 9.17) is 32.8 Å². The summed E-state index contributed by atoms with van der Waals surface area (Å²) in [5, 5.41) is 14.5. The van der Waals surface area contributed by atoms with Crippen LogP contribution in [-0.4, -0.2) is 39.3 Å². The first-order valence-corrected chi connectivity index (χ1v) is 11.7. The zero-order valence-corrected chi connectivity index (χ0v) is 19.3. The second-order valence-corrected chi connectivity index (χ2v) is 9.25. The van der Waals surface area contributed by atoms with Crippen molar-refractivity contribution in [3.8, 4) is 11.3 Å². The molecule has 1 N–H and O–H groups in total. The zero-order valence-electron chi connectivity index (χ0n) is 17.7. The number of aromatic carboxylic acids is 1. The van der Waals surface area contributed by atoms with Gasteiger partial charge in [-0.25, -0.2) is 14.8 Å². The van der Waals surface area contributed by atoms with Crippen molar-refractivity contribution in [2.45, 2.75) is 31.6 Å². The average molecular weight is 485 g/mol. The van der Waals surface area contributed by atoms with Crippen molar-refractivity contribution in [2.24, 2.45) is 5.92 Å². The summed E-state index contributed by atoms with van der Waals surface area (Å²) in [4.78, 5) is 21.5. The van der Waals surface area contributed by atoms with Gasteiger partial charge in [0.25, 0.3) is 0 Å². The molecule has 1 aliphatic heterocycles. The number of rotatable bonds is 6. The van der Waals surface area contributed by atoms with E-state index < -0.39 is 5.97 Å². The maximum Gasteiger partial charge on any atom is 0.338 e. The van der Waals surface area contributed by atoms with Crippen LogP contribution in [0.2, 0.25) is 10.0 Å². The lowest BCUT2D eigenvalue weighted by molar-refractivity contribution is 0.0696. The first-order valence-electron chi connectivity index (χ1n) is 10.9. The highest BCUT2D eigenvalue weighted by Crippen LogP contribution is 2.46. The Hall–Kier alpha value is -2.90. The molecule has 0 atom stereocenters. The van der Waals surface area contributed by atoms with Crippen LogP contribution >= 0.6 is 23.2 Å². The second-order valence-electron chi connectivity index (χ2n) is 8.44. The van der Waals surface area contributed by atoms with E-state index in [2.05, 4.69) is 32.2 Å². The van der Waals surface area contributed by atoms with Gasteiger partial charge in [-0.15, -0.1) is 0 Å². The predicted octanol–water partition coefficient (Wildman–Crippen LogP) is 5.94. The number of carbonyl (C=O) groups is 1. The van der Waals surface area contributed by atoms with Crippen LogP contribution in [0.15, 0.2) is 41.2 Å². The van der Waals surface area contributed by atoms with Gasteiger partial charge in [-0.05, 0) is 43.7 Å². The molecule has 0 amide bonds. The summed E-state index contributed by atoms with van der Waals surface area (Å²) in [7, 11) is 0. The molecule has 1 aromatic carbocycles. The Balaban J connectivity index is 1.32. The zero-order chi connectivity index (χ0) is 22.9. The fourth-order valence-electron chi connectivity index (χ4n) is 4.13. The van der Waals surface area contributed by atoms with Crippen molar-refractivity contribution in [1.82, 2.24) is 15.1 Å². The van der Waals surface area contributed by atoms with Crippen LogP contribution < -0.4 is 4.90 Å². The Bertz CT molecular complexity index is 1180. The number of piperidine rings is 1. The number of aromatic nitrogens is 3. The maximum atomic E-state index is 11.0. The normalized spacial score (nSPS) is 17.1. The van der Waals surface area contributed by atoms with Crippen LogP contribution in [0, 0.1) is 5.92 Å². The highest BCUT2D eigenvalue weighted by molar-refractivity contribution is 6.39. The van der Waals surface area contributed by atoms with E-state index in [-0.39, 0.29) is 5.56 Å². The Morgan fingerprint density at radius 1 is 1.09 bits per heavy atom. The standard InChI is InChI=1S/C24H22Cl2N4O3/c25-18-2-1-3-19(26)20(18)21-17(22(33-29-21)15-5-6-15)7-4-14-8-10-30(11-9-14)24-27-12-16(13-28-24)23(31)32/h1-4,7,12-15H,5-6,8-11H2,(H,31,32). The van der Waals surface area contributed by atoms with Gasteiger partial charge < -0.3 is 14.5 Å². The molecule has 2 fully saturated rings. The van der Waals surface area contributed by atoms with Crippen molar-refractivity contribution in [1.29, 1.82) is 0 Å². The van der Waals surface area contributed by atoms with Crippen LogP contribution in [0.4, 0.5) is 5.95 Å². The van der Waals surface area contributed by atoms with Crippen molar-refractivity contribution in [3.05, 3.63) is 63.6 Å². The van der Waals surface area contributed by atoms with E-state index >= 15 is 0 Å². The lowest BCUT2D eigenvalue weighted by atomic mass is 9.94. The molecule has 2 aromatic heterocycles. The molecule has 0 spiro atoms. The molecular weight excluding hydrogens is 463 g/mol. The molecule has 3 aromatic rings. The Morgan fingerprint density at radius 2 is 1.76 bits per heavy atom. The first kappa shape index (κ1) is 21.9. The minimum atomic E-state index is -1.03. The number of carboxylic acids is 1. The fourth-order valence-corrected chi connectivity index (χ4v) is 4.71. The maximum absolute atomic E-state index is 11.0. The molecule has 0 bridgehead atoms. The topological polar surface area (TPSA) is 92.3 Å². The van der Waals surface area contributed by atoms with Crippen molar-refractivity contribution < 1.29 is 14.4 Å². The Morgan fingerprint density at radius 3 is 2.36 bits per heavy atom. The van der Waals surface area contributed by atoms with Gasteiger partial charge in [0, 0.05) is 42.5 Å². The van der Waals surface area contributed by atoms with Crippen LogP contribution in [0.5, 0.6) is 0 Å². The number of carboxylic acid groups (broad SMARTS) is 1. The number of nitrogens with zero attached hydrogens (tertiary/aromatic N) is 4. The summed E-state index contributed by atoms with van der Waals surface area (Å²) in [6, 6.07) is 5.43. The molecule has 7 nitrogen and oxygen atoms in total. The Kier molecular flexibility index (Phi) is 6.08. The molecular formula is C24H22Cl2N4O3. The van der Waals surface area contributed by atoms with E-state index in [1.807, 2.05) is 18.2 Å². The number of benzene rings is 1. The molecule has 3 heterocycles. The summed E-state index contributed by atoms with van der Waals surface area (Å²) in [6.45, 7) is 1.59. The number of halogens is 2. The van der Waals surface area contributed by atoms with Crippen molar-refractivity contribution in [3.63, 3.8) is 0 Å². The minimum Gasteiger partial charge on any atom is -0.478 e. The van der Waals surface area contributed by atoms with Gasteiger partial charge in [-0.3, -0.25) is 0 Å². The molecule has 2 aliphatic rings. The number of anilines is 1. The molecule has 33 heavy (non-hydrogen) atoms. The summed E-state index contributed by atoms with van der Waals surface area (Å²) >= 11 is 12.9. The summed E-state index contributed by atoms with van der Waals surface area (Å²) < 4.78 is 5.74. The molecule has 0 radical (unpaired) electrons. The van der Waals surface area contributed by atoms with Crippen LogP contribution in [-0.2, 0) is 0 Å². The van der Waals surface area contributed by atoms with Crippen LogP contribution in [0.25, 0.3) is 17.3 Å². The third kappa shape index (κ3) is 4.61. The molecule has 5 rings (SSSR count). The summed E-state index contributed by atoms with van der Waals surface area (Å²) in [5.41, 5.74) is 2.44. The fraction of sp³-hybridized carbons (Fsp3) is 0.333. The Labute approximate surface area is 201 Å². The summed E-state index contributed by atoms with van der Waals surface area (Å²) in [5.74, 6) is 1.23. The third-order valence-corrected chi connectivity index (χ3v) is 6.78. The van der Waals surface area contributed by atoms with E-state index in [1.54, 1.807) is 0 Å². The third-order valence-electron chi connectivity index (χ3n) is 6.15. The van der Waals surface area contributed by atoms with Crippen molar-refractivity contribution in [2.75, 3.05) is 18.0 Å². The predicted molar refractivity (Wildman–Crippen MR) is 127 cm³/mol. The molecule has 9 heteroatoms. The molecule has 1 saturated carbocycles. The highest BCUT2D eigenvalue weighted by Gasteiger charge is 2.32. The van der Waals surface area contributed by atoms with Gasteiger partial charge in [0.05, 0.1) is 15.6 Å². The highest BCUT2D eigenvalue weighted by atomic mass is 35.5. The molecule has 1 saturated heterocycles. The smallest absolute Gasteiger partial charge is 0.338 e. The van der Waals surface area contributed by atoms with Crippen molar-refractivity contribution >= 4 is 41.2 Å². The molecule has 1 aliphatic carbocycles. The lowest BCUT2D eigenvalue weighted by Gasteiger charge is -2.30. The van der Waals surface area contributed by atoms with E-state index in [0.29, 0.717) is 39.1 Å². The summed E-state index contributed by atoms with van der Waals surface area (Å²) in [6.07, 6.45) is 11.1. The number of allylic oxidation sites excluding steroid dienone is 1. The van der Waals surface area contributed by atoms with Gasteiger partial charge in [-0.2, -0.15) is 0 Å². The van der Waals surface area contributed by atoms with Gasteiger partial charge in [0.2, 0.25) is 5.95 Å². The minimum absolute atomic E-state index is 0.0891. The largest absolute Gasteiger partial charge is 0.478 e. The van der Waals surface area contributed by atoms with Gasteiger partial charge in [0.1, 0.15) is 11.5 Å². The van der Waals surface area contributed by atoms with Crippen LogP contribution in [0.1, 0.15) is 53.3 Å². The van der Waals surface area contributed by atoms with Gasteiger partial charge >= 0.3 is 5.97 Å². The number of hydrogen-bond acceptors (Lipinski definition) is 6. The quantitative estimate of drug-likeness (QED) is 0.462. The van der Waals surface area contributed by atoms with Crippen LogP contribution in [0.3, 0.4) is 0 Å². The van der Waals surface area contributed by atoms with E-state index in [9.17, 15) is 4.79 Å². The van der Waals surface area contributed by atoms with E-state index in [1.165, 1.54) is 12.4 Å². The molecule has 170 valence electrons. The first-order chi connectivity index (χ1) is 16.0. The lowest BCUT2D eigenvalue weighted by Crippen LogP contribution is -2.34. The molecule has 0 unspecified atom stereocenters. The number of hydrogen-bond donors (Lipinski definition) is 1. The van der Waals surface area contributed by atoms with E-state index in [0.717, 1.165) is 50.1 Å². The second kappa shape index (κ2) is 9.15. The average Bonchev–Trinajstić information content (AvgIpc) is 3.58. The van der Waals surface area contributed by atoms with Gasteiger partial charge in [-0.1, -0.05) is 46.6 Å². The monoisotopic (exact) mass is 484 g/mol. The SMILES string of the molecule is O=C(O)c1cnc(N2CCC(C=Cc3c(-c4c(Cl)cccc4Cl)noc3C3CC3)CC2)nc1. The van der Waals surface area contributed by atoms with Gasteiger partial charge in [0.15, 0.2) is 0 Å².